The summed E-state index contributed by atoms with van der Waals surface area (Å²) in [6.07, 6.45) is 9.98. The first-order valence-corrected chi connectivity index (χ1v) is 27.5. The summed E-state index contributed by atoms with van der Waals surface area (Å²) in [4.78, 5) is 88.1. The van der Waals surface area contributed by atoms with Crippen molar-refractivity contribution in [3.05, 3.63) is 108 Å². The Kier molecular flexibility index (Phi) is 26.4. The molecule has 0 radical (unpaired) electrons. The number of urea groups is 1. The first-order chi connectivity index (χ1) is 38.9. The maximum atomic E-state index is 14.6. The number of likely N-dealkylation sites (N-methyl/N-ethyl adjacent to an activating group) is 1. The Morgan fingerprint density at radius 3 is 2.11 bits per heavy atom. The van der Waals surface area contributed by atoms with E-state index in [2.05, 4.69) is 70.1 Å². The van der Waals surface area contributed by atoms with Gasteiger partial charge in [-0.25, -0.2) is 14.2 Å². The third-order valence-corrected chi connectivity index (χ3v) is 13.2. The van der Waals surface area contributed by atoms with Crippen LogP contribution in [0.2, 0.25) is 0 Å². The van der Waals surface area contributed by atoms with Gasteiger partial charge in [0.1, 0.15) is 17.2 Å². The minimum Gasteiger partial charge on any atom is -0.457 e. The highest BCUT2D eigenvalue weighted by atomic mass is 32.2. The standard InChI is InChI=1S/C55H71FN12O11S/c1-3-47(69)62-39-10-6-11-40(34-39)63-52-43(56)36-61-54(67-52)64-38-16-18-41(19-17-38)79-42-20-23-57-44(35-42)53(73)68(2)25-29-77-28-24-60-50(72)15-7-14-49(71)59-22-9-27-76-31-33-78-32-30-75-26-8-21-58-48(70)13-5-4-12-46-51-45(37-80-46)65-55(74)66-51/h3,6,10-12,16-20,23,34-36,45,51H,1,4-5,7-9,13-15,21-22,24-33,37H2,2H3,(H,58,70)(H,59,71)(H,60,72)(H,62,69)(H2,65,66,74)(H2,61,63,64,67)/b46-12-/t45-,51-/m0/s1. The molecular formula is C55H71FN12O11S. The van der Waals surface area contributed by atoms with Crippen LogP contribution >= 0.6 is 11.8 Å². The predicted molar refractivity (Wildman–Crippen MR) is 301 cm³/mol. The molecule has 8 N–H and O–H groups in total. The fourth-order valence-corrected chi connectivity index (χ4v) is 9.06. The van der Waals surface area contributed by atoms with Crippen LogP contribution in [-0.2, 0) is 38.1 Å². The maximum Gasteiger partial charge on any atom is 0.315 e. The zero-order valence-electron chi connectivity index (χ0n) is 44.9. The number of allylic oxidation sites excluding steroid dienone is 1. The average molecular weight is 1130 g/mol. The van der Waals surface area contributed by atoms with Crippen molar-refractivity contribution < 1.29 is 56.8 Å². The minimum absolute atomic E-state index is 0.0226. The van der Waals surface area contributed by atoms with Crippen molar-refractivity contribution in [3.63, 3.8) is 0 Å². The lowest BCUT2D eigenvalue weighted by molar-refractivity contribution is -0.123. The number of ether oxygens (including phenoxy) is 5. The van der Waals surface area contributed by atoms with Crippen molar-refractivity contribution in [1.29, 1.82) is 0 Å². The predicted octanol–water partition coefficient (Wildman–Crippen LogP) is 5.70. The van der Waals surface area contributed by atoms with Gasteiger partial charge in [0.05, 0.1) is 57.9 Å². The van der Waals surface area contributed by atoms with Crippen molar-refractivity contribution in [2.45, 2.75) is 63.5 Å². The van der Waals surface area contributed by atoms with Crippen LogP contribution in [0.15, 0.2) is 96.7 Å². The molecule has 2 aliphatic heterocycles. The molecule has 2 atom stereocenters. The Morgan fingerprint density at radius 2 is 1.40 bits per heavy atom. The van der Waals surface area contributed by atoms with Crippen molar-refractivity contribution in [1.82, 2.24) is 46.4 Å². The van der Waals surface area contributed by atoms with E-state index in [1.54, 1.807) is 73.4 Å². The van der Waals surface area contributed by atoms with Crippen molar-refractivity contribution in [3.8, 4) is 11.5 Å². The Bertz CT molecular complexity index is 2710. The van der Waals surface area contributed by atoms with Crippen LogP contribution in [0.4, 0.5) is 38.0 Å². The highest BCUT2D eigenvalue weighted by Gasteiger charge is 2.39. The number of carbonyl (C=O) groups excluding carboxylic acids is 6. The molecule has 25 heteroatoms. The molecule has 0 spiro atoms. The number of carbonyl (C=O) groups is 6. The number of hydrogen-bond acceptors (Lipinski definition) is 17. The van der Waals surface area contributed by atoms with Gasteiger partial charge in [-0.3, -0.25) is 29.0 Å². The monoisotopic (exact) mass is 1130 g/mol. The van der Waals surface area contributed by atoms with E-state index in [0.717, 1.165) is 30.9 Å². The SMILES string of the molecule is C=CC(=O)Nc1cccc(Nc2nc(Nc3ccc(Oc4ccnc(C(=O)N(C)CCOCCNC(=O)CCCC(=O)NCCCOCCOCCOCCCNC(=O)CCC/C=C5\SC[C@@H]6NC(=O)N[C@H]56)c4)cc3)ncc2F)c1. The highest BCUT2D eigenvalue weighted by Crippen LogP contribution is 2.34. The third kappa shape index (κ3) is 22.6. The quantitative estimate of drug-likeness (QED) is 0.0153. The van der Waals surface area contributed by atoms with Gasteiger partial charge in [0.15, 0.2) is 11.6 Å². The molecule has 2 aromatic heterocycles. The second-order valence-corrected chi connectivity index (χ2v) is 19.3. The molecule has 0 saturated carbocycles. The molecule has 7 amide bonds. The molecule has 2 fully saturated rings. The largest absolute Gasteiger partial charge is 0.457 e. The molecule has 2 aromatic carbocycles. The number of hydrogen-bond donors (Lipinski definition) is 8. The lowest BCUT2D eigenvalue weighted by atomic mass is 10.1. The summed E-state index contributed by atoms with van der Waals surface area (Å²) in [6.45, 7) is 8.20. The van der Waals surface area contributed by atoms with Crippen LogP contribution in [-0.4, -0.2) is 159 Å². The first kappa shape index (κ1) is 61.5. The Morgan fingerprint density at radius 1 is 0.738 bits per heavy atom. The number of unbranched alkanes of at least 4 members (excludes halogenated alkanes) is 1. The van der Waals surface area contributed by atoms with Gasteiger partial charge in [-0.05, 0) is 86.7 Å². The Labute approximate surface area is 468 Å². The lowest BCUT2D eigenvalue weighted by Gasteiger charge is -2.17. The molecule has 430 valence electrons. The number of fused-ring (bicyclic) bond motifs is 1. The number of aromatic nitrogens is 3. The van der Waals surface area contributed by atoms with Gasteiger partial charge in [0, 0.05) is 106 Å². The highest BCUT2D eigenvalue weighted by molar-refractivity contribution is 8.03. The summed E-state index contributed by atoms with van der Waals surface area (Å²) in [5.41, 5.74) is 1.74. The number of amides is 7. The van der Waals surface area contributed by atoms with Gasteiger partial charge in [-0.1, -0.05) is 18.7 Å². The van der Waals surface area contributed by atoms with E-state index in [1.807, 2.05) is 0 Å². The van der Waals surface area contributed by atoms with E-state index < -0.39 is 5.82 Å². The van der Waals surface area contributed by atoms with Crippen LogP contribution in [0, 0.1) is 5.82 Å². The van der Waals surface area contributed by atoms with E-state index in [-0.39, 0.29) is 104 Å². The fraction of sp³-hybridized carbons (Fsp3) is 0.436. The van der Waals surface area contributed by atoms with Crippen LogP contribution in [0.25, 0.3) is 0 Å². The normalized spacial score (nSPS) is 14.8. The van der Waals surface area contributed by atoms with E-state index in [0.29, 0.717) is 107 Å². The third-order valence-electron chi connectivity index (χ3n) is 11.9. The number of thioether (sulfide) groups is 1. The topological polar surface area (TPSA) is 287 Å². The second-order valence-electron chi connectivity index (χ2n) is 18.2. The average Bonchev–Trinajstić information content (AvgIpc) is 4.04. The minimum atomic E-state index is -0.680. The van der Waals surface area contributed by atoms with E-state index in [9.17, 15) is 33.2 Å². The second kappa shape index (κ2) is 34.3. The maximum absolute atomic E-state index is 14.6. The molecule has 2 aliphatic rings. The first-order valence-electron chi connectivity index (χ1n) is 26.5. The van der Waals surface area contributed by atoms with Crippen molar-refractivity contribution >= 4 is 76.2 Å². The zero-order valence-corrected chi connectivity index (χ0v) is 45.7. The summed E-state index contributed by atoms with van der Waals surface area (Å²) >= 11 is 1.75. The number of nitrogens with one attached hydrogen (secondary N) is 8. The van der Waals surface area contributed by atoms with Crippen LogP contribution in [0.5, 0.6) is 11.5 Å². The van der Waals surface area contributed by atoms with Crippen molar-refractivity contribution in [2.24, 2.45) is 0 Å². The number of nitrogens with zero attached hydrogens (tertiary/aromatic N) is 4. The van der Waals surface area contributed by atoms with Gasteiger partial charge in [0.25, 0.3) is 5.91 Å². The number of anilines is 5. The molecule has 2 saturated heterocycles. The molecule has 80 heavy (non-hydrogen) atoms. The van der Waals surface area contributed by atoms with Gasteiger partial charge < -0.3 is 71.1 Å². The molecule has 23 nitrogen and oxygen atoms in total. The summed E-state index contributed by atoms with van der Waals surface area (Å²) < 4.78 is 42.9. The number of benzene rings is 2. The molecule has 0 aliphatic carbocycles. The van der Waals surface area contributed by atoms with E-state index in [4.69, 9.17) is 23.7 Å². The molecule has 4 heterocycles. The summed E-state index contributed by atoms with van der Waals surface area (Å²) in [6, 6.07) is 16.8. The van der Waals surface area contributed by atoms with E-state index in [1.165, 1.54) is 22.1 Å². The summed E-state index contributed by atoms with van der Waals surface area (Å²) in [7, 11) is 1.63. The van der Waals surface area contributed by atoms with Crippen LogP contribution < -0.4 is 47.3 Å². The van der Waals surface area contributed by atoms with Crippen LogP contribution in [0.1, 0.15) is 61.9 Å². The number of halogens is 1. The van der Waals surface area contributed by atoms with E-state index >= 15 is 0 Å². The molecular weight excluding hydrogens is 1060 g/mol. The number of rotatable bonds is 37. The Hall–Kier alpha value is -7.71. The van der Waals surface area contributed by atoms with Crippen LogP contribution in [0.3, 0.4) is 0 Å². The molecule has 6 rings (SSSR count). The summed E-state index contributed by atoms with van der Waals surface area (Å²) in [5, 5.41) is 23.0. The summed E-state index contributed by atoms with van der Waals surface area (Å²) in [5.74, 6) is 0.0870. The zero-order chi connectivity index (χ0) is 56.7. The van der Waals surface area contributed by atoms with Gasteiger partial charge >= 0.3 is 6.03 Å². The fourth-order valence-electron chi connectivity index (χ4n) is 7.78. The van der Waals surface area contributed by atoms with Gasteiger partial charge in [-0.15, -0.1) is 11.8 Å². The van der Waals surface area contributed by atoms with Gasteiger partial charge in [-0.2, -0.15) is 4.98 Å². The molecule has 4 aromatic rings. The lowest BCUT2D eigenvalue weighted by Crippen LogP contribution is -2.32. The smallest absolute Gasteiger partial charge is 0.315 e. The number of pyridine rings is 1. The van der Waals surface area contributed by atoms with Gasteiger partial charge in [0.2, 0.25) is 29.6 Å². The molecule has 0 bridgehead atoms. The Balaban J connectivity index is 0.707. The molecule has 0 unspecified atom stereocenters. The van der Waals surface area contributed by atoms with Crippen molar-refractivity contribution in [2.75, 3.05) is 108 Å².